The van der Waals surface area contributed by atoms with Gasteiger partial charge >= 0.3 is 0 Å². The van der Waals surface area contributed by atoms with Gasteiger partial charge in [0.05, 0.1) is 12.9 Å². The summed E-state index contributed by atoms with van der Waals surface area (Å²) in [7, 11) is 0. The number of anilines is 1. The molecule has 2 aromatic heterocycles. The highest BCUT2D eigenvalue weighted by molar-refractivity contribution is 5.84. The lowest BCUT2D eigenvalue weighted by molar-refractivity contribution is -0.0511. The van der Waals surface area contributed by atoms with Crippen molar-refractivity contribution in [1.82, 2.24) is 19.5 Å². The van der Waals surface area contributed by atoms with E-state index in [9.17, 15) is 15.3 Å². The number of aliphatic hydroxyl groups is 3. The lowest BCUT2D eigenvalue weighted by Crippen LogP contribution is -2.58. The zero-order valence-corrected chi connectivity index (χ0v) is 14.4. The maximum Gasteiger partial charge on any atom is 0.167 e. The second-order valence-electron chi connectivity index (χ2n) is 7.58. The first-order valence-corrected chi connectivity index (χ1v) is 9.22. The van der Waals surface area contributed by atoms with Crippen LogP contribution >= 0.6 is 0 Å². The van der Waals surface area contributed by atoms with E-state index in [2.05, 4.69) is 19.9 Å². The molecule has 0 bridgehead atoms. The van der Waals surface area contributed by atoms with Crippen molar-refractivity contribution in [2.75, 3.05) is 18.1 Å². The van der Waals surface area contributed by atoms with E-state index in [1.165, 1.54) is 38.4 Å². The highest BCUT2D eigenvalue weighted by atomic mass is 16.6. The van der Waals surface area contributed by atoms with Gasteiger partial charge in [0.25, 0.3) is 0 Å². The molecule has 0 radical (unpaired) electrons. The Morgan fingerprint density at radius 3 is 2.58 bits per heavy atom. The first-order valence-electron chi connectivity index (χ1n) is 9.22. The van der Waals surface area contributed by atoms with Gasteiger partial charge in [0.1, 0.15) is 24.6 Å². The third kappa shape index (κ3) is 2.14. The van der Waals surface area contributed by atoms with Gasteiger partial charge in [-0.3, -0.25) is 4.57 Å². The largest absolute Gasteiger partial charge is 0.394 e. The van der Waals surface area contributed by atoms with E-state index in [-0.39, 0.29) is 12.1 Å². The van der Waals surface area contributed by atoms with Gasteiger partial charge in [-0.15, -0.1) is 0 Å². The summed E-state index contributed by atoms with van der Waals surface area (Å²) in [4.78, 5) is 15.7. The topological polar surface area (TPSA) is 117 Å². The van der Waals surface area contributed by atoms with Crippen molar-refractivity contribution in [2.24, 2.45) is 0 Å². The van der Waals surface area contributed by atoms with Crippen LogP contribution in [0.3, 0.4) is 0 Å². The molecule has 5 rings (SSSR count). The molecular formula is C17H23N5O4. The van der Waals surface area contributed by atoms with Gasteiger partial charge in [0, 0.05) is 12.1 Å². The molecule has 9 nitrogen and oxygen atoms in total. The molecule has 140 valence electrons. The first kappa shape index (κ1) is 16.4. The molecule has 3 fully saturated rings. The molecule has 9 heteroatoms. The Labute approximate surface area is 150 Å². The number of rotatable bonds is 3. The van der Waals surface area contributed by atoms with E-state index in [0.717, 1.165) is 12.4 Å². The monoisotopic (exact) mass is 361 g/mol. The van der Waals surface area contributed by atoms with Crippen LogP contribution in [-0.2, 0) is 4.74 Å². The van der Waals surface area contributed by atoms with Gasteiger partial charge in [-0.2, -0.15) is 0 Å². The van der Waals surface area contributed by atoms with Crippen molar-refractivity contribution in [2.45, 2.75) is 62.2 Å². The fourth-order valence-electron chi connectivity index (χ4n) is 4.76. The maximum atomic E-state index is 10.3. The number of ether oxygens (including phenoxy) is 1. The van der Waals surface area contributed by atoms with Crippen LogP contribution in [-0.4, -0.2) is 71.8 Å². The normalized spacial score (nSPS) is 33.3. The van der Waals surface area contributed by atoms with E-state index in [1.807, 2.05) is 0 Å². The van der Waals surface area contributed by atoms with Crippen LogP contribution < -0.4 is 4.90 Å². The van der Waals surface area contributed by atoms with Gasteiger partial charge < -0.3 is 25.0 Å². The molecule has 2 aromatic rings. The standard InChI is InChI=1S/C17H23N5O4/c23-7-10-12(24)13(25)16(26-10)21-9-20-11-14(21)18-8-19-15(11)22-6-5-17(22)3-1-2-4-17/h8-10,12-13,16,23-25H,1-7H2/t10-,12-,13-,16-/m1/s1. The van der Waals surface area contributed by atoms with Crippen molar-refractivity contribution in [3.8, 4) is 0 Å². The number of hydrogen-bond acceptors (Lipinski definition) is 8. The Morgan fingerprint density at radius 2 is 1.92 bits per heavy atom. The molecule has 0 unspecified atom stereocenters. The fraction of sp³-hybridized carbons (Fsp3) is 0.706. The molecule has 1 spiro atoms. The molecular weight excluding hydrogens is 338 g/mol. The minimum Gasteiger partial charge on any atom is -0.394 e. The quantitative estimate of drug-likeness (QED) is 0.697. The van der Waals surface area contributed by atoms with E-state index in [0.29, 0.717) is 11.2 Å². The van der Waals surface area contributed by atoms with Crippen molar-refractivity contribution in [3.05, 3.63) is 12.7 Å². The molecule has 4 heterocycles. The predicted octanol–water partition coefficient (Wildman–Crippen LogP) is -0.0393. The summed E-state index contributed by atoms with van der Waals surface area (Å²) in [6.07, 6.45) is 5.16. The lowest BCUT2D eigenvalue weighted by Gasteiger charge is -2.51. The molecule has 0 aromatic carbocycles. The number of imidazole rings is 1. The number of aliphatic hydroxyl groups excluding tert-OH is 3. The Morgan fingerprint density at radius 1 is 1.12 bits per heavy atom. The highest BCUT2D eigenvalue weighted by Crippen LogP contribution is 2.47. The highest BCUT2D eigenvalue weighted by Gasteiger charge is 2.48. The predicted molar refractivity (Wildman–Crippen MR) is 91.5 cm³/mol. The molecule has 0 amide bonds. The number of nitrogens with zero attached hydrogens (tertiary/aromatic N) is 5. The Kier molecular flexibility index (Phi) is 3.68. The van der Waals surface area contributed by atoms with E-state index in [1.54, 1.807) is 10.9 Å². The third-order valence-electron chi connectivity index (χ3n) is 6.29. The molecule has 2 aliphatic heterocycles. The number of hydrogen-bond donors (Lipinski definition) is 3. The van der Waals surface area contributed by atoms with Crippen molar-refractivity contribution >= 4 is 17.0 Å². The average molecular weight is 361 g/mol. The maximum absolute atomic E-state index is 10.3. The fourth-order valence-corrected chi connectivity index (χ4v) is 4.76. The van der Waals surface area contributed by atoms with Gasteiger partial charge in [-0.1, -0.05) is 12.8 Å². The molecule has 2 saturated heterocycles. The van der Waals surface area contributed by atoms with Crippen LogP contribution in [0.2, 0.25) is 0 Å². The summed E-state index contributed by atoms with van der Waals surface area (Å²) in [6.45, 7) is 0.602. The summed E-state index contributed by atoms with van der Waals surface area (Å²) in [6, 6.07) is 0. The zero-order valence-electron chi connectivity index (χ0n) is 14.4. The second kappa shape index (κ2) is 5.85. The summed E-state index contributed by atoms with van der Waals surface area (Å²) >= 11 is 0. The van der Waals surface area contributed by atoms with Crippen LogP contribution in [0.25, 0.3) is 11.2 Å². The van der Waals surface area contributed by atoms with Crippen LogP contribution in [0.15, 0.2) is 12.7 Å². The smallest absolute Gasteiger partial charge is 0.167 e. The summed E-state index contributed by atoms with van der Waals surface area (Å²) in [5.41, 5.74) is 1.45. The van der Waals surface area contributed by atoms with Gasteiger partial charge in [-0.25, -0.2) is 15.0 Å². The van der Waals surface area contributed by atoms with Crippen LogP contribution in [0.4, 0.5) is 5.82 Å². The zero-order chi connectivity index (χ0) is 17.9. The SMILES string of the molecule is OC[C@H]1O[C@@H](n2cnc3c(N4CCC45CCCC5)ncnc32)[C@H](O)[C@@H]1O. The summed E-state index contributed by atoms with van der Waals surface area (Å²) in [5, 5.41) is 29.6. The Balaban J connectivity index is 1.53. The average Bonchev–Trinajstić information content (AvgIpc) is 3.35. The van der Waals surface area contributed by atoms with Crippen LogP contribution in [0.5, 0.6) is 0 Å². The van der Waals surface area contributed by atoms with Gasteiger partial charge in [0.15, 0.2) is 23.2 Å². The lowest BCUT2D eigenvalue weighted by atomic mass is 9.83. The van der Waals surface area contributed by atoms with Crippen LogP contribution in [0.1, 0.15) is 38.3 Å². The van der Waals surface area contributed by atoms with E-state index in [4.69, 9.17) is 4.74 Å². The van der Waals surface area contributed by atoms with Crippen molar-refractivity contribution < 1.29 is 20.1 Å². The van der Waals surface area contributed by atoms with Crippen molar-refractivity contribution in [1.29, 1.82) is 0 Å². The molecule has 4 atom stereocenters. The molecule has 3 aliphatic rings. The molecule has 1 saturated carbocycles. The van der Waals surface area contributed by atoms with E-state index < -0.39 is 24.5 Å². The van der Waals surface area contributed by atoms with Gasteiger partial charge in [0.2, 0.25) is 0 Å². The third-order valence-corrected chi connectivity index (χ3v) is 6.29. The summed E-state index contributed by atoms with van der Waals surface area (Å²) in [5.74, 6) is 0.827. The molecule has 1 aliphatic carbocycles. The van der Waals surface area contributed by atoms with E-state index >= 15 is 0 Å². The number of fused-ring (bicyclic) bond motifs is 1. The minimum atomic E-state index is -1.16. The second-order valence-corrected chi connectivity index (χ2v) is 7.58. The Hall–Kier alpha value is -1.81. The van der Waals surface area contributed by atoms with Crippen molar-refractivity contribution in [3.63, 3.8) is 0 Å². The summed E-state index contributed by atoms with van der Waals surface area (Å²) < 4.78 is 7.24. The number of aromatic nitrogens is 4. The van der Waals surface area contributed by atoms with Gasteiger partial charge in [-0.05, 0) is 19.3 Å². The first-order chi connectivity index (χ1) is 12.6. The minimum absolute atomic E-state index is 0.215. The molecule has 3 N–H and O–H groups in total. The Bertz CT molecular complexity index is 821. The molecule has 26 heavy (non-hydrogen) atoms. The van der Waals surface area contributed by atoms with Crippen LogP contribution in [0, 0.1) is 0 Å².